The maximum absolute atomic E-state index is 12.8. The number of esters is 3. The van der Waals surface area contributed by atoms with Crippen LogP contribution in [-0.4, -0.2) is 37.2 Å². The highest BCUT2D eigenvalue weighted by molar-refractivity contribution is 5.71. The van der Waals surface area contributed by atoms with Gasteiger partial charge in [-0.3, -0.25) is 14.4 Å². The Balaban J connectivity index is 4.06. The Morgan fingerprint density at radius 2 is 0.542 bits per heavy atom. The Morgan fingerprint density at radius 1 is 0.292 bits per heavy atom. The zero-order valence-electron chi connectivity index (χ0n) is 47.4. The van der Waals surface area contributed by atoms with E-state index in [1.54, 1.807) is 0 Å². The second-order valence-electron chi connectivity index (χ2n) is 20.2. The average Bonchev–Trinajstić information content (AvgIpc) is 3.38. The van der Waals surface area contributed by atoms with E-state index in [2.05, 4.69) is 106 Å². The summed E-state index contributed by atoms with van der Waals surface area (Å²) in [5.41, 5.74) is 0. The predicted molar refractivity (Wildman–Crippen MR) is 311 cm³/mol. The predicted octanol–water partition coefficient (Wildman–Crippen LogP) is 20.7. The van der Waals surface area contributed by atoms with Crippen LogP contribution in [0.2, 0.25) is 0 Å². The number of carbonyl (C=O) groups is 3. The Kier molecular flexibility index (Phi) is 57.3. The van der Waals surface area contributed by atoms with E-state index in [0.717, 1.165) is 96.3 Å². The van der Waals surface area contributed by atoms with Gasteiger partial charge in [-0.25, -0.2) is 0 Å². The molecule has 0 saturated heterocycles. The van der Waals surface area contributed by atoms with Crippen molar-refractivity contribution in [3.05, 3.63) is 85.1 Å². The summed E-state index contributed by atoms with van der Waals surface area (Å²) in [7, 11) is 0. The SMILES string of the molecule is CC/C=C\C/C=C\C/C=C\C/C=C\C/C=C\C/C=C\CCCCCCCCCCCCCCC(=O)OCC(COC(=O)CCCCCCCC)OC(=O)CCCCCCCCC/C=C\CCCCCCCC. The molecule has 0 aromatic heterocycles. The normalized spacial score (nSPS) is 12.7. The van der Waals surface area contributed by atoms with Gasteiger partial charge in [0.1, 0.15) is 13.2 Å². The Bertz CT molecular complexity index is 1380. The fourth-order valence-corrected chi connectivity index (χ4v) is 8.56. The highest BCUT2D eigenvalue weighted by atomic mass is 16.6. The minimum absolute atomic E-state index is 0.0764. The van der Waals surface area contributed by atoms with E-state index in [4.69, 9.17) is 14.2 Å². The fraction of sp³-hybridized carbons (Fsp3) is 0.742. The van der Waals surface area contributed by atoms with Crippen molar-refractivity contribution in [2.75, 3.05) is 13.2 Å². The van der Waals surface area contributed by atoms with Crippen LogP contribution in [0, 0.1) is 0 Å². The molecular formula is C66H114O6. The monoisotopic (exact) mass is 1000 g/mol. The van der Waals surface area contributed by atoms with Gasteiger partial charge in [-0.1, -0.05) is 266 Å². The molecule has 72 heavy (non-hydrogen) atoms. The highest BCUT2D eigenvalue weighted by Gasteiger charge is 2.19. The van der Waals surface area contributed by atoms with Crippen molar-refractivity contribution in [3.8, 4) is 0 Å². The fourth-order valence-electron chi connectivity index (χ4n) is 8.56. The Morgan fingerprint density at radius 3 is 0.861 bits per heavy atom. The summed E-state index contributed by atoms with van der Waals surface area (Å²) in [5, 5.41) is 0. The number of rotatable bonds is 55. The average molecular weight is 1000 g/mol. The topological polar surface area (TPSA) is 78.9 Å². The summed E-state index contributed by atoms with van der Waals surface area (Å²) < 4.78 is 16.8. The van der Waals surface area contributed by atoms with Gasteiger partial charge < -0.3 is 14.2 Å². The van der Waals surface area contributed by atoms with Gasteiger partial charge >= 0.3 is 17.9 Å². The molecule has 414 valence electrons. The third-order valence-electron chi connectivity index (χ3n) is 13.1. The lowest BCUT2D eigenvalue weighted by Gasteiger charge is -2.18. The zero-order valence-corrected chi connectivity index (χ0v) is 47.4. The summed E-state index contributed by atoms with van der Waals surface area (Å²) >= 11 is 0. The van der Waals surface area contributed by atoms with Crippen molar-refractivity contribution in [3.63, 3.8) is 0 Å². The van der Waals surface area contributed by atoms with Gasteiger partial charge in [0.15, 0.2) is 6.10 Å². The molecule has 1 unspecified atom stereocenters. The third kappa shape index (κ3) is 57.5. The van der Waals surface area contributed by atoms with Crippen LogP contribution in [0.15, 0.2) is 85.1 Å². The van der Waals surface area contributed by atoms with Crippen LogP contribution in [0.25, 0.3) is 0 Å². The highest BCUT2D eigenvalue weighted by Crippen LogP contribution is 2.16. The zero-order chi connectivity index (χ0) is 52.2. The summed E-state index contributed by atoms with van der Waals surface area (Å²) in [4.78, 5) is 37.9. The molecule has 0 bridgehead atoms. The first-order valence-electron chi connectivity index (χ1n) is 30.6. The molecule has 0 aliphatic rings. The lowest BCUT2D eigenvalue weighted by molar-refractivity contribution is -0.167. The van der Waals surface area contributed by atoms with E-state index in [-0.39, 0.29) is 31.1 Å². The molecule has 0 N–H and O–H groups in total. The summed E-state index contributed by atoms with van der Waals surface area (Å²) in [6.45, 7) is 6.48. The quantitative estimate of drug-likeness (QED) is 0.0261. The van der Waals surface area contributed by atoms with Crippen LogP contribution in [0.4, 0.5) is 0 Å². The molecule has 0 heterocycles. The van der Waals surface area contributed by atoms with Crippen LogP contribution in [-0.2, 0) is 28.6 Å². The standard InChI is InChI=1S/C66H114O6/c1-4-7-10-13-16-18-20-22-24-26-27-28-29-30-31-32-33-34-35-36-37-38-39-41-42-44-46-48-50-53-56-59-65(68)71-62-63(61-70-64(67)58-55-52-15-12-9-6-3)72-66(69)60-57-54-51-49-47-45-43-40-25-23-21-19-17-14-11-8-5-2/h7,10,16,18,22-25,27-28,30-31,33-34,63H,4-6,8-9,11-15,17,19-21,26,29,32,35-62H2,1-3H3/b10-7-,18-16-,24-22-,25-23-,28-27-,31-30-,34-33-. The molecule has 0 amide bonds. The van der Waals surface area contributed by atoms with Gasteiger partial charge in [0.2, 0.25) is 0 Å². The van der Waals surface area contributed by atoms with Crippen LogP contribution in [0.3, 0.4) is 0 Å². The molecule has 0 aliphatic carbocycles. The van der Waals surface area contributed by atoms with Crippen molar-refractivity contribution < 1.29 is 28.6 Å². The summed E-state index contributed by atoms with van der Waals surface area (Å²) in [5.74, 6) is -0.884. The number of ether oxygens (including phenoxy) is 3. The molecule has 0 aromatic carbocycles. The van der Waals surface area contributed by atoms with E-state index in [1.165, 1.54) is 161 Å². The van der Waals surface area contributed by atoms with E-state index < -0.39 is 6.10 Å². The smallest absolute Gasteiger partial charge is 0.306 e. The van der Waals surface area contributed by atoms with Gasteiger partial charge in [-0.05, 0) is 96.3 Å². The largest absolute Gasteiger partial charge is 0.462 e. The van der Waals surface area contributed by atoms with E-state index in [1.807, 2.05) is 0 Å². The van der Waals surface area contributed by atoms with E-state index in [0.29, 0.717) is 19.3 Å². The maximum Gasteiger partial charge on any atom is 0.306 e. The molecule has 0 aromatic rings. The van der Waals surface area contributed by atoms with Crippen molar-refractivity contribution in [1.29, 1.82) is 0 Å². The Labute approximate surface area is 445 Å². The molecule has 6 heteroatoms. The second-order valence-corrected chi connectivity index (χ2v) is 20.2. The Hall–Kier alpha value is -3.41. The van der Waals surface area contributed by atoms with Crippen molar-refractivity contribution in [1.82, 2.24) is 0 Å². The number of unbranched alkanes of at least 4 members (excludes halogenated alkanes) is 30. The van der Waals surface area contributed by atoms with E-state index in [9.17, 15) is 14.4 Å². The molecule has 0 fully saturated rings. The third-order valence-corrected chi connectivity index (χ3v) is 13.1. The van der Waals surface area contributed by atoms with Crippen molar-refractivity contribution >= 4 is 17.9 Å². The van der Waals surface area contributed by atoms with Crippen molar-refractivity contribution in [2.24, 2.45) is 0 Å². The van der Waals surface area contributed by atoms with Gasteiger partial charge in [-0.15, -0.1) is 0 Å². The lowest BCUT2D eigenvalue weighted by Crippen LogP contribution is -2.30. The number of carbonyl (C=O) groups excluding carboxylic acids is 3. The molecule has 0 rings (SSSR count). The molecule has 6 nitrogen and oxygen atoms in total. The first-order chi connectivity index (χ1) is 35.5. The van der Waals surface area contributed by atoms with Gasteiger partial charge in [0.25, 0.3) is 0 Å². The first-order valence-corrected chi connectivity index (χ1v) is 30.6. The molecule has 1 atom stereocenters. The maximum atomic E-state index is 12.8. The second kappa shape index (κ2) is 60.1. The molecule has 0 radical (unpaired) electrons. The van der Waals surface area contributed by atoms with E-state index >= 15 is 0 Å². The molecule has 0 spiro atoms. The minimum Gasteiger partial charge on any atom is -0.462 e. The first kappa shape index (κ1) is 68.6. The summed E-state index contributed by atoms with van der Waals surface area (Å²) in [6.07, 6.45) is 79.0. The van der Waals surface area contributed by atoms with Crippen molar-refractivity contribution in [2.45, 2.75) is 303 Å². The number of allylic oxidation sites excluding steroid dienone is 14. The van der Waals surface area contributed by atoms with Gasteiger partial charge in [0, 0.05) is 19.3 Å². The van der Waals surface area contributed by atoms with Gasteiger partial charge in [0.05, 0.1) is 0 Å². The van der Waals surface area contributed by atoms with Crippen LogP contribution < -0.4 is 0 Å². The molecular weight excluding hydrogens is 889 g/mol. The van der Waals surface area contributed by atoms with Gasteiger partial charge in [-0.2, -0.15) is 0 Å². The minimum atomic E-state index is -0.775. The number of hydrogen-bond acceptors (Lipinski definition) is 6. The number of hydrogen-bond donors (Lipinski definition) is 0. The summed E-state index contributed by atoms with van der Waals surface area (Å²) in [6, 6.07) is 0. The molecule has 0 saturated carbocycles. The van der Waals surface area contributed by atoms with Crippen LogP contribution in [0.1, 0.15) is 297 Å². The van der Waals surface area contributed by atoms with Crippen LogP contribution >= 0.6 is 0 Å². The van der Waals surface area contributed by atoms with Crippen LogP contribution in [0.5, 0.6) is 0 Å². The molecule has 0 aliphatic heterocycles. The lowest BCUT2D eigenvalue weighted by atomic mass is 10.0.